The molecule has 1 aromatic carbocycles. The van der Waals surface area contributed by atoms with Gasteiger partial charge in [0.05, 0.1) is 6.04 Å². The van der Waals surface area contributed by atoms with Gasteiger partial charge in [-0.05, 0) is 31.0 Å². The molecule has 0 bridgehead atoms. The molecule has 0 aliphatic carbocycles. The Bertz CT molecular complexity index is 622. The number of phenols is 1. The lowest BCUT2D eigenvalue weighted by Crippen LogP contribution is -2.41. The van der Waals surface area contributed by atoms with Crippen LogP contribution >= 0.6 is 0 Å². The molecule has 3 rings (SSSR count). The molecule has 0 saturated carbocycles. The lowest BCUT2D eigenvalue weighted by atomic mass is 10.0. The molecule has 0 spiro atoms. The summed E-state index contributed by atoms with van der Waals surface area (Å²) in [6, 6.07) is 5.81. The second-order valence-corrected chi connectivity index (χ2v) is 5.17. The van der Waals surface area contributed by atoms with Gasteiger partial charge < -0.3 is 10.0 Å². The second-order valence-electron chi connectivity index (χ2n) is 5.17. The van der Waals surface area contributed by atoms with Crippen LogP contribution in [0, 0.1) is 5.82 Å². The summed E-state index contributed by atoms with van der Waals surface area (Å²) in [5, 5.41) is 13.9. The van der Waals surface area contributed by atoms with Crippen molar-refractivity contribution in [2.24, 2.45) is 0 Å². The Balaban J connectivity index is 1.82. The van der Waals surface area contributed by atoms with Crippen LogP contribution in [-0.2, 0) is 0 Å². The zero-order valence-corrected chi connectivity index (χ0v) is 11.4. The Morgan fingerprint density at radius 2 is 2.24 bits per heavy atom. The molecule has 1 atom stereocenters. The zero-order valence-electron chi connectivity index (χ0n) is 11.4. The summed E-state index contributed by atoms with van der Waals surface area (Å²) in [6.07, 6.45) is 5.31. The predicted molar refractivity (Wildman–Crippen MR) is 74.5 cm³/mol. The van der Waals surface area contributed by atoms with Crippen molar-refractivity contribution in [2.75, 3.05) is 13.1 Å². The van der Waals surface area contributed by atoms with Gasteiger partial charge in [-0.25, -0.2) is 4.39 Å². The van der Waals surface area contributed by atoms with Crippen LogP contribution in [-0.4, -0.2) is 38.8 Å². The Hall–Kier alpha value is -2.37. The van der Waals surface area contributed by atoms with Crippen molar-refractivity contribution in [3.05, 3.63) is 48.0 Å². The van der Waals surface area contributed by atoms with Gasteiger partial charge in [0.15, 0.2) is 0 Å². The number of hydrogen-bond donors (Lipinski definition) is 1. The molecule has 0 radical (unpaired) electrons. The molecular weight excluding hydrogens is 273 g/mol. The summed E-state index contributed by atoms with van der Waals surface area (Å²) < 4.78 is 15.6. The molecule has 1 aliphatic rings. The van der Waals surface area contributed by atoms with Crippen LogP contribution in [0.15, 0.2) is 36.7 Å². The van der Waals surface area contributed by atoms with Crippen molar-refractivity contribution in [3.63, 3.8) is 0 Å². The van der Waals surface area contributed by atoms with Crippen molar-refractivity contribution in [3.8, 4) is 5.75 Å². The van der Waals surface area contributed by atoms with Crippen LogP contribution < -0.4 is 0 Å². The van der Waals surface area contributed by atoms with Gasteiger partial charge in [0.1, 0.15) is 17.1 Å². The van der Waals surface area contributed by atoms with Gasteiger partial charge in [-0.2, -0.15) is 5.10 Å². The maximum atomic E-state index is 13.8. The molecule has 21 heavy (non-hydrogen) atoms. The molecule has 1 N–H and O–H groups in total. The fourth-order valence-corrected chi connectivity index (χ4v) is 2.73. The van der Waals surface area contributed by atoms with E-state index in [1.807, 2.05) is 16.9 Å². The molecule has 6 heteroatoms. The first kappa shape index (κ1) is 13.6. The molecule has 110 valence electrons. The molecule has 2 heterocycles. The number of rotatable bonds is 2. The van der Waals surface area contributed by atoms with Gasteiger partial charge in [-0.3, -0.25) is 9.48 Å². The highest BCUT2D eigenvalue weighted by Gasteiger charge is 2.28. The number of aromatic hydroxyl groups is 1. The number of nitrogens with zero attached hydrogens (tertiary/aromatic N) is 3. The van der Waals surface area contributed by atoms with Gasteiger partial charge >= 0.3 is 0 Å². The summed E-state index contributed by atoms with van der Waals surface area (Å²) in [5.41, 5.74) is -0.251. The largest absolute Gasteiger partial charge is 0.507 e. The van der Waals surface area contributed by atoms with Gasteiger partial charge in [0, 0.05) is 25.5 Å². The Labute approximate surface area is 121 Å². The number of carbonyl (C=O) groups excluding carboxylic acids is 1. The van der Waals surface area contributed by atoms with Crippen molar-refractivity contribution in [1.29, 1.82) is 0 Å². The van der Waals surface area contributed by atoms with Crippen molar-refractivity contribution in [2.45, 2.75) is 18.9 Å². The molecule has 0 unspecified atom stereocenters. The fourth-order valence-electron chi connectivity index (χ4n) is 2.73. The predicted octanol–water partition coefficient (Wildman–Crippen LogP) is 2.21. The number of carbonyl (C=O) groups is 1. The van der Waals surface area contributed by atoms with Crippen molar-refractivity contribution >= 4 is 5.91 Å². The topological polar surface area (TPSA) is 58.4 Å². The van der Waals surface area contributed by atoms with E-state index in [2.05, 4.69) is 5.10 Å². The first-order valence-corrected chi connectivity index (χ1v) is 6.92. The average molecular weight is 289 g/mol. The monoisotopic (exact) mass is 289 g/mol. The Morgan fingerprint density at radius 1 is 1.38 bits per heavy atom. The standard InChI is InChI=1S/C15H16FN3O2/c16-12-5-1-6-13(20)14(12)15(21)18-8-2-4-11(10-18)19-9-3-7-17-19/h1,3,5-7,9,11,20H,2,4,8,10H2/t11-/m1/s1. The van der Waals surface area contributed by atoms with Crippen LogP contribution in [0.25, 0.3) is 0 Å². The van der Waals surface area contributed by atoms with E-state index in [0.717, 1.165) is 12.8 Å². The highest BCUT2D eigenvalue weighted by Crippen LogP contribution is 2.26. The third kappa shape index (κ3) is 2.61. The third-order valence-corrected chi connectivity index (χ3v) is 3.79. The van der Waals surface area contributed by atoms with Crippen molar-refractivity contribution < 1.29 is 14.3 Å². The van der Waals surface area contributed by atoms with E-state index in [0.29, 0.717) is 13.1 Å². The highest BCUT2D eigenvalue weighted by molar-refractivity contribution is 5.97. The van der Waals surface area contributed by atoms with E-state index in [4.69, 9.17) is 0 Å². The number of benzene rings is 1. The molecule has 1 amide bonds. The minimum atomic E-state index is -0.693. The lowest BCUT2D eigenvalue weighted by molar-refractivity contribution is 0.0665. The first-order chi connectivity index (χ1) is 10.2. The molecule has 1 aliphatic heterocycles. The van der Waals surface area contributed by atoms with Gasteiger partial charge in [-0.1, -0.05) is 6.07 Å². The third-order valence-electron chi connectivity index (χ3n) is 3.79. The first-order valence-electron chi connectivity index (χ1n) is 6.92. The van der Waals surface area contributed by atoms with E-state index in [9.17, 15) is 14.3 Å². The number of hydrogen-bond acceptors (Lipinski definition) is 3. The van der Waals surface area contributed by atoms with Crippen molar-refractivity contribution in [1.82, 2.24) is 14.7 Å². The number of piperidine rings is 1. The van der Waals surface area contributed by atoms with E-state index in [1.165, 1.54) is 18.2 Å². The maximum absolute atomic E-state index is 13.8. The number of amides is 1. The van der Waals surface area contributed by atoms with Crippen LogP contribution in [0.2, 0.25) is 0 Å². The number of aromatic nitrogens is 2. The number of phenolic OH excluding ortho intramolecular Hbond substituents is 1. The summed E-state index contributed by atoms with van der Waals surface area (Å²) in [5.74, 6) is -1.48. The van der Waals surface area contributed by atoms with Gasteiger partial charge in [0.2, 0.25) is 0 Å². The molecule has 1 fully saturated rings. The van der Waals surface area contributed by atoms with Gasteiger partial charge in [-0.15, -0.1) is 0 Å². The number of halogens is 1. The normalized spacial score (nSPS) is 18.7. The van der Waals surface area contributed by atoms with Crippen LogP contribution in [0.3, 0.4) is 0 Å². The van der Waals surface area contributed by atoms with Gasteiger partial charge in [0.25, 0.3) is 5.91 Å². The smallest absolute Gasteiger partial charge is 0.260 e. The Kier molecular flexibility index (Phi) is 3.60. The van der Waals surface area contributed by atoms with E-state index in [1.54, 1.807) is 11.1 Å². The molecule has 1 aromatic heterocycles. The average Bonchev–Trinajstić information content (AvgIpc) is 3.01. The minimum absolute atomic E-state index is 0.0895. The summed E-state index contributed by atoms with van der Waals surface area (Å²) in [6.45, 7) is 1.03. The van der Waals surface area contributed by atoms with E-state index in [-0.39, 0.29) is 17.4 Å². The van der Waals surface area contributed by atoms with Crippen LogP contribution in [0.5, 0.6) is 5.75 Å². The molecular formula is C15H16FN3O2. The quantitative estimate of drug-likeness (QED) is 0.922. The minimum Gasteiger partial charge on any atom is -0.507 e. The van der Waals surface area contributed by atoms with E-state index < -0.39 is 11.7 Å². The van der Waals surface area contributed by atoms with E-state index >= 15 is 0 Å². The second kappa shape index (κ2) is 5.55. The summed E-state index contributed by atoms with van der Waals surface area (Å²) in [4.78, 5) is 14.0. The SMILES string of the molecule is O=C(c1c(O)cccc1F)N1CCC[C@@H](n2cccn2)C1. The number of likely N-dealkylation sites (tertiary alicyclic amines) is 1. The molecule has 1 saturated heterocycles. The molecule has 2 aromatic rings. The Morgan fingerprint density at radius 3 is 2.95 bits per heavy atom. The maximum Gasteiger partial charge on any atom is 0.260 e. The summed E-state index contributed by atoms with van der Waals surface area (Å²) in [7, 11) is 0. The highest BCUT2D eigenvalue weighted by atomic mass is 19.1. The molecule has 5 nitrogen and oxygen atoms in total. The van der Waals surface area contributed by atoms with Crippen LogP contribution in [0.1, 0.15) is 29.2 Å². The zero-order chi connectivity index (χ0) is 14.8. The fraction of sp³-hybridized carbons (Fsp3) is 0.333. The lowest BCUT2D eigenvalue weighted by Gasteiger charge is -2.33. The summed E-state index contributed by atoms with van der Waals surface area (Å²) >= 11 is 0. The van der Waals surface area contributed by atoms with Crippen LogP contribution in [0.4, 0.5) is 4.39 Å².